The summed E-state index contributed by atoms with van der Waals surface area (Å²) in [5.74, 6) is 1.41. The minimum atomic E-state index is -3.12. The van der Waals surface area contributed by atoms with Crippen molar-refractivity contribution in [2.45, 2.75) is 20.5 Å². The van der Waals surface area contributed by atoms with Crippen molar-refractivity contribution in [3.63, 3.8) is 0 Å². The van der Waals surface area contributed by atoms with Crippen molar-refractivity contribution in [2.24, 2.45) is 0 Å². The van der Waals surface area contributed by atoms with Crippen molar-refractivity contribution in [2.75, 3.05) is 63.7 Å². The number of para-hydroxylation sites is 3. The highest BCUT2D eigenvalue weighted by atomic mass is 19.3. The molecule has 0 spiro atoms. The van der Waals surface area contributed by atoms with Gasteiger partial charge in [-0.05, 0) is 56.3 Å². The number of methoxy groups -OCH3 is 1. The SMILES string of the molecule is COc1cc(Nc2nccc(N(C(=O)Oc3c(C)cccc3C)c3ccccc3OC(F)F)n2)ccc1OCCN1CCN(C)CC1. The highest BCUT2D eigenvalue weighted by Gasteiger charge is 2.27. The quantitative estimate of drug-likeness (QED) is 0.186. The second-order valence-electron chi connectivity index (χ2n) is 11.0. The molecule has 0 bridgehead atoms. The van der Waals surface area contributed by atoms with Crippen LogP contribution in [0.25, 0.3) is 0 Å². The van der Waals surface area contributed by atoms with E-state index >= 15 is 0 Å². The minimum absolute atomic E-state index is 0.00781. The van der Waals surface area contributed by atoms with Gasteiger partial charge in [0.05, 0.1) is 12.8 Å². The van der Waals surface area contributed by atoms with Gasteiger partial charge in [0.25, 0.3) is 0 Å². The lowest BCUT2D eigenvalue weighted by molar-refractivity contribution is -0.0494. The first kappa shape index (κ1) is 33.4. The summed E-state index contributed by atoms with van der Waals surface area (Å²) in [5, 5.41) is 3.12. The van der Waals surface area contributed by atoms with E-state index in [-0.39, 0.29) is 23.2 Å². The fraction of sp³-hybridized carbons (Fsp3) is 0.324. The summed E-state index contributed by atoms with van der Waals surface area (Å²) in [6.07, 6.45) is 0.560. The number of anilines is 4. The van der Waals surface area contributed by atoms with Gasteiger partial charge in [0.2, 0.25) is 5.95 Å². The van der Waals surface area contributed by atoms with Crippen LogP contribution in [0.3, 0.4) is 0 Å². The van der Waals surface area contributed by atoms with Crippen LogP contribution in [0.1, 0.15) is 11.1 Å². The summed E-state index contributed by atoms with van der Waals surface area (Å²) in [5.41, 5.74) is 2.05. The van der Waals surface area contributed by atoms with Crippen molar-refractivity contribution in [3.05, 3.63) is 84.1 Å². The van der Waals surface area contributed by atoms with E-state index in [1.165, 1.54) is 30.5 Å². The highest BCUT2D eigenvalue weighted by molar-refractivity contribution is 5.98. The average molecular weight is 649 g/mol. The van der Waals surface area contributed by atoms with Gasteiger partial charge >= 0.3 is 12.7 Å². The van der Waals surface area contributed by atoms with Crippen LogP contribution in [-0.2, 0) is 0 Å². The monoisotopic (exact) mass is 648 g/mol. The molecule has 1 amide bonds. The van der Waals surface area contributed by atoms with Crippen molar-refractivity contribution in [1.82, 2.24) is 19.8 Å². The molecule has 3 aromatic carbocycles. The largest absolute Gasteiger partial charge is 0.493 e. The molecule has 0 aliphatic carbocycles. The zero-order valence-electron chi connectivity index (χ0n) is 26.8. The Kier molecular flexibility index (Phi) is 11.0. The third kappa shape index (κ3) is 8.63. The van der Waals surface area contributed by atoms with Crippen molar-refractivity contribution in [3.8, 4) is 23.0 Å². The third-order valence-electron chi connectivity index (χ3n) is 7.65. The molecule has 1 aromatic heterocycles. The van der Waals surface area contributed by atoms with E-state index in [4.69, 9.17) is 18.9 Å². The topological polar surface area (TPSA) is 102 Å². The van der Waals surface area contributed by atoms with Crippen molar-refractivity contribution in [1.29, 1.82) is 0 Å². The van der Waals surface area contributed by atoms with Crippen LogP contribution in [0.2, 0.25) is 0 Å². The van der Waals surface area contributed by atoms with Gasteiger partial charge in [-0.25, -0.2) is 14.7 Å². The molecule has 47 heavy (non-hydrogen) atoms. The molecule has 1 fully saturated rings. The molecule has 0 saturated carbocycles. The van der Waals surface area contributed by atoms with Crippen LogP contribution in [0.15, 0.2) is 72.9 Å². The Balaban J connectivity index is 1.38. The van der Waals surface area contributed by atoms with Gasteiger partial charge in [0.1, 0.15) is 23.9 Å². The number of rotatable bonds is 12. The number of nitrogens with zero attached hydrogens (tertiary/aromatic N) is 5. The molecule has 13 heteroatoms. The average Bonchev–Trinajstić information content (AvgIpc) is 3.05. The van der Waals surface area contributed by atoms with Crippen molar-refractivity contribution >= 4 is 29.2 Å². The number of piperazine rings is 1. The number of alkyl halides is 2. The van der Waals surface area contributed by atoms with Gasteiger partial charge in [0, 0.05) is 56.7 Å². The molecular weight excluding hydrogens is 610 g/mol. The van der Waals surface area contributed by atoms with E-state index in [1.54, 1.807) is 57.4 Å². The van der Waals surface area contributed by atoms with Gasteiger partial charge in [-0.2, -0.15) is 13.8 Å². The molecule has 1 saturated heterocycles. The van der Waals surface area contributed by atoms with E-state index in [0.717, 1.165) is 48.8 Å². The Morgan fingerprint density at radius 2 is 1.70 bits per heavy atom. The molecule has 0 atom stereocenters. The number of hydrogen-bond donors (Lipinski definition) is 1. The number of ether oxygens (including phenoxy) is 4. The Morgan fingerprint density at radius 3 is 2.43 bits per heavy atom. The van der Waals surface area contributed by atoms with E-state index in [0.29, 0.717) is 29.5 Å². The summed E-state index contributed by atoms with van der Waals surface area (Å²) in [6, 6.07) is 18.2. The molecule has 248 valence electrons. The second-order valence-corrected chi connectivity index (χ2v) is 11.0. The lowest BCUT2D eigenvalue weighted by atomic mass is 10.1. The minimum Gasteiger partial charge on any atom is -0.493 e. The molecular formula is C34H38F2N6O5. The van der Waals surface area contributed by atoms with E-state index in [9.17, 15) is 13.6 Å². The maximum absolute atomic E-state index is 13.8. The fourth-order valence-corrected chi connectivity index (χ4v) is 5.13. The summed E-state index contributed by atoms with van der Waals surface area (Å²) < 4.78 is 48.9. The lowest BCUT2D eigenvalue weighted by Gasteiger charge is -2.32. The standard InChI is InChI=1S/C34H38F2N6O5/c1-23-8-7-9-24(2)31(23)47-34(43)42(26-10-5-6-11-27(26)46-32(35)36)30-14-15-37-33(39-30)38-25-12-13-28(29(22-25)44-4)45-21-20-41-18-16-40(3)17-19-41/h5-15,22,32H,16-21H2,1-4H3,(H,37,38,39). The Bertz CT molecular complexity index is 1650. The number of nitrogens with one attached hydrogen (secondary N) is 1. The molecule has 1 aliphatic rings. The number of carbonyl (C=O) groups is 1. The number of hydrogen-bond acceptors (Lipinski definition) is 10. The highest BCUT2D eigenvalue weighted by Crippen LogP contribution is 2.36. The molecule has 4 aromatic rings. The Morgan fingerprint density at radius 1 is 0.957 bits per heavy atom. The molecule has 11 nitrogen and oxygen atoms in total. The zero-order chi connectivity index (χ0) is 33.3. The maximum atomic E-state index is 13.8. The van der Waals surface area contributed by atoms with Crippen LogP contribution in [0.4, 0.5) is 36.7 Å². The molecule has 0 unspecified atom stereocenters. The van der Waals surface area contributed by atoms with Crippen LogP contribution >= 0.6 is 0 Å². The summed E-state index contributed by atoms with van der Waals surface area (Å²) >= 11 is 0. The number of aryl methyl sites for hydroxylation is 2. The summed E-state index contributed by atoms with van der Waals surface area (Å²) in [6.45, 7) is 5.90. The molecule has 5 rings (SSSR count). The first-order valence-electron chi connectivity index (χ1n) is 15.2. The zero-order valence-corrected chi connectivity index (χ0v) is 26.8. The van der Waals surface area contributed by atoms with Crippen LogP contribution in [0.5, 0.6) is 23.0 Å². The van der Waals surface area contributed by atoms with Gasteiger partial charge in [-0.15, -0.1) is 0 Å². The third-order valence-corrected chi connectivity index (χ3v) is 7.65. The molecule has 1 aliphatic heterocycles. The smallest absolute Gasteiger partial charge is 0.425 e. The number of amides is 1. The van der Waals surface area contributed by atoms with Crippen molar-refractivity contribution < 1.29 is 32.5 Å². The number of likely N-dealkylation sites (N-methyl/N-ethyl adjacent to an activating group) is 1. The summed E-state index contributed by atoms with van der Waals surface area (Å²) in [7, 11) is 3.68. The van der Waals surface area contributed by atoms with E-state index < -0.39 is 12.7 Å². The lowest BCUT2D eigenvalue weighted by Crippen LogP contribution is -2.45. The van der Waals surface area contributed by atoms with Gasteiger partial charge < -0.3 is 29.2 Å². The number of carbonyl (C=O) groups excluding carboxylic acids is 1. The van der Waals surface area contributed by atoms with E-state index in [1.807, 2.05) is 6.07 Å². The first-order valence-corrected chi connectivity index (χ1v) is 15.2. The van der Waals surface area contributed by atoms with Gasteiger partial charge in [0.15, 0.2) is 11.5 Å². The predicted octanol–water partition coefficient (Wildman–Crippen LogP) is 6.41. The number of halogens is 2. The normalized spacial score (nSPS) is 13.7. The second kappa shape index (κ2) is 15.5. The molecule has 2 heterocycles. The van der Waals surface area contributed by atoms with Crippen LogP contribution < -0.4 is 29.2 Å². The molecule has 0 radical (unpaired) electrons. The van der Waals surface area contributed by atoms with Crippen LogP contribution in [0, 0.1) is 13.8 Å². The Hall–Kier alpha value is -5.01. The van der Waals surface area contributed by atoms with Crippen LogP contribution in [-0.4, -0.2) is 86.0 Å². The predicted molar refractivity (Wildman–Crippen MR) is 175 cm³/mol. The first-order chi connectivity index (χ1) is 22.7. The Labute approximate surface area is 272 Å². The van der Waals surface area contributed by atoms with Gasteiger partial charge in [-0.3, -0.25) is 4.90 Å². The van der Waals surface area contributed by atoms with E-state index in [2.05, 4.69) is 32.1 Å². The maximum Gasteiger partial charge on any atom is 0.425 e. The summed E-state index contributed by atoms with van der Waals surface area (Å²) in [4.78, 5) is 28.4. The van der Waals surface area contributed by atoms with Gasteiger partial charge in [-0.1, -0.05) is 30.3 Å². The number of aromatic nitrogens is 2. The molecule has 1 N–H and O–H groups in total. The fourth-order valence-electron chi connectivity index (χ4n) is 5.13. The number of benzene rings is 3.